The molecule has 0 heterocycles. The summed E-state index contributed by atoms with van der Waals surface area (Å²) in [7, 11) is 0. The number of unbranched alkanes of at least 4 members (excludes halogenated alkanes) is 49. The second-order valence-corrected chi connectivity index (χ2v) is 21.8. The van der Waals surface area contributed by atoms with Crippen molar-refractivity contribution in [2.75, 3.05) is 6.61 Å². The molecular formula is C61H123NO5. The van der Waals surface area contributed by atoms with E-state index in [-0.39, 0.29) is 0 Å². The van der Waals surface area contributed by atoms with Crippen LogP contribution in [0.3, 0.4) is 0 Å². The van der Waals surface area contributed by atoms with Gasteiger partial charge in [-0.05, 0) is 12.8 Å². The van der Waals surface area contributed by atoms with Crippen molar-refractivity contribution in [3.8, 4) is 0 Å². The van der Waals surface area contributed by atoms with Gasteiger partial charge in [-0.1, -0.05) is 341 Å². The van der Waals surface area contributed by atoms with Crippen molar-refractivity contribution in [3.63, 3.8) is 0 Å². The van der Waals surface area contributed by atoms with Gasteiger partial charge in [-0.15, -0.1) is 0 Å². The van der Waals surface area contributed by atoms with Gasteiger partial charge in [0.25, 0.3) is 0 Å². The molecular weight excluding hydrogens is 827 g/mol. The summed E-state index contributed by atoms with van der Waals surface area (Å²) in [5.74, 6) is -0.575. The average Bonchev–Trinajstić information content (AvgIpc) is 3.33. The summed E-state index contributed by atoms with van der Waals surface area (Å²) in [5, 5.41) is 44.1. The minimum absolute atomic E-state index is 0.376. The number of amides is 1. The molecule has 1 amide bonds. The minimum Gasteiger partial charge on any atom is -0.394 e. The second kappa shape index (κ2) is 56.2. The number of carbonyl (C=O) groups is 1. The smallest absolute Gasteiger partial charge is 0.249 e. The summed E-state index contributed by atoms with van der Waals surface area (Å²) in [5.41, 5.74) is 0. The number of aliphatic hydroxyl groups excluding tert-OH is 4. The maximum Gasteiger partial charge on any atom is 0.249 e. The van der Waals surface area contributed by atoms with Crippen LogP contribution in [0, 0.1) is 0 Å². The van der Waals surface area contributed by atoms with Gasteiger partial charge in [0.15, 0.2) is 0 Å². The quantitative estimate of drug-likeness (QED) is 0.0390. The van der Waals surface area contributed by atoms with Crippen LogP contribution in [0.25, 0.3) is 0 Å². The first-order chi connectivity index (χ1) is 33.0. The van der Waals surface area contributed by atoms with Gasteiger partial charge in [-0.2, -0.15) is 0 Å². The Bertz CT molecular complexity index is 933. The molecule has 0 aliphatic rings. The summed E-state index contributed by atoms with van der Waals surface area (Å²) in [6.45, 7) is 4.11. The predicted octanol–water partition coefficient (Wildman–Crippen LogP) is 18.3. The zero-order chi connectivity index (χ0) is 48.8. The lowest BCUT2D eigenvalue weighted by Gasteiger charge is -2.27. The van der Waals surface area contributed by atoms with Crippen LogP contribution in [0.15, 0.2) is 0 Å². The van der Waals surface area contributed by atoms with Crippen LogP contribution in [0.5, 0.6) is 0 Å². The molecule has 0 fully saturated rings. The Morgan fingerprint density at radius 3 is 0.716 bits per heavy atom. The van der Waals surface area contributed by atoms with Crippen molar-refractivity contribution < 1.29 is 25.2 Å². The predicted molar refractivity (Wildman–Crippen MR) is 293 cm³/mol. The largest absolute Gasteiger partial charge is 0.394 e. The molecule has 6 heteroatoms. The molecule has 0 radical (unpaired) electrons. The van der Waals surface area contributed by atoms with Crippen LogP contribution < -0.4 is 5.32 Å². The van der Waals surface area contributed by atoms with E-state index >= 15 is 0 Å². The molecule has 6 nitrogen and oxygen atoms in total. The minimum atomic E-state index is -1.26. The van der Waals surface area contributed by atoms with Crippen molar-refractivity contribution >= 4 is 5.91 Å². The Balaban J connectivity index is 3.52. The second-order valence-electron chi connectivity index (χ2n) is 21.8. The zero-order valence-electron chi connectivity index (χ0n) is 45.7. The van der Waals surface area contributed by atoms with E-state index in [1.165, 1.54) is 289 Å². The molecule has 0 aromatic rings. The van der Waals surface area contributed by atoms with Crippen molar-refractivity contribution in [3.05, 3.63) is 0 Å². The maximum atomic E-state index is 12.6. The van der Waals surface area contributed by atoms with Crippen LogP contribution >= 0.6 is 0 Å². The Kier molecular flexibility index (Phi) is 55.6. The summed E-state index contributed by atoms with van der Waals surface area (Å²) < 4.78 is 0. The number of nitrogens with one attached hydrogen (secondary N) is 1. The standard InChI is InChI=1S/C61H123NO5/c1-3-5-7-9-11-13-15-17-19-21-23-24-25-26-27-28-29-30-31-32-33-34-35-37-38-40-42-44-46-48-50-52-54-58(64)60(66)57(56-63)62-61(67)59(65)55-53-51-49-47-45-43-41-39-36-22-20-18-16-14-12-10-8-6-4-2/h57-60,63-66H,3-56H2,1-2H3,(H,62,67). The molecule has 0 aromatic carbocycles. The van der Waals surface area contributed by atoms with E-state index in [0.29, 0.717) is 12.8 Å². The lowest BCUT2D eigenvalue weighted by atomic mass is 9.99. The lowest BCUT2D eigenvalue weighted by molar-refractivity contribution is -0.132. The zero-order valence-corrected chi connectivity index (χ0v) is 45.7. The van der Waals surface area contributed by atoms with E-state index < -0.39 is 36.9 Å². The highest BCUT2D eigenvalue weighted by molar-refractivity contribution is 5.80. The molecule has 0 saturated carbocycles. The van der Waals surface area contributed by atoms with Gasteiger partial charge in [0.1, 0.15) is 12.2 Å². The summed E-state index contributed by atoms with van der Waals surface area (Å²) in [6.07, 6.45) is 66.3. The van der Waals surface area contributed by atoms with Gasteiger partial charge in [0.2, 0.25) is 5.91 Å². The van der Waals surface area contributed by atoms with Crippen molar-refractivity contribution in [2.24, 2.45) is 0 Å². The third kappa shape index (κ3) is 50.1. The summed E-state index contributed by atoms with van der Waals surface area (Å²) >= 11 is 0. The average molecular weight is 951 g/mol. The molecule has 0 spiro atoms. The number of rotatable bonds is 58. The maximum absolute atomic E-state index is 12.6. The molecule has 67 heavy (non-hydrogen) atoms. The van der Waals surface area contributed by atoms with Crippen LogP contribution in [-0.4, -0.2) is 57.3 Å². The topological polar surface area (TPSA) is 110 Å². The number of carbonyl (C=O) groups excluding carboxylic acids is 1. The Morgan fingerprint density at radius 1 is 0.313 bits per heavy atom. The van der Waals surface area contributed by atoms with Crippen LogP contribution in [-0.2, 0) is 4.79 Å². The fraction of sp³-hybridized carbons (Fsp3) is 0.984. The Labute approximate surface area is 420 Å². The number of aliphatic hydroxyl groups is 4. The number of hydrogen-bond donors (Lipinski definition) is 5. The highest BCUT2D eigenvalue weighted by atomic mass is 16.3. The molecule has 5 N–H and O–H groups in total. The van der Waals surface area contributed by atoms with E-state index in [1.807, 2.05) is 0 Å². The summed E-state index contributed by atoms with van der Waals surface area (Å²) in [4.78, 5) is 12.6. The molecule has 0 aromatic heterocycles. The molecule has 402 valence electrons. The number of hydrogen-bond acceptors (Lipinski definition) is 5. The van der Waals surface area contributed by atoms with Gasteiger partial charge in [0.05, 0.1) is 18.8 Å². The SMILES string of the molecule is CCCCCCCCCCCCCCCCCCCCCCCCCCCCCCCCCCC(O)C(O)C(CO)NC(=O)C(O)CCCCCCCCCCCCCCCCCCCCC. The van der Waals surface area contributed by atoms with Crippen LogP contribution in [0.2, 0.25) is 0 Å². The molecule has 0 bridgehead atoms. The highest BCUT2D eigenvalue weighted by Gasteiger charge is 2.28. The van der Waals surface area contributed by atoms with Gasteiger partial charge in [-0.25, -0.2) is 0 Å². The van der Waals surface area contributed by atoms with Crippen molar-refractivity contribution in [1.82, 2.24) is 5.32 Å². The Morgan fingerprint density at radius 2 is 0.507 bits per heavy atom. The van der Waals surface area contributed by atoms with Gasteiger partial charge < -0.3 is 25.7 Å². The van der Waals surface area contributed by atoms with Gasteiger partial charge in [0, 0.05) is 0 Å². The van der Waals surface area contributed by atoms with E-state index in [4.69, 9.17) is 0 Å². The summed E-state index contributed by atoms with van der Waals surface area (Å²) in [6, 6.07) is -0.981. The fourth-order valence-corrected chi connectivity index (χ4v) is 10.2. The third-order valence-electron chi connectivity index (χ3n) is 15.1. The highest BCUT2D eigenvalue weighted by Crippen LogP contribution is 2.19. The first kappa shape index (κ1) is 66.3. The van der Waals surface area contributed by atoms with E-state index in [0.717, 1.165) is 38.5 Å². The lowest BCUT2D eigenvalue weighted by Crippen LogP contribution is -2.53. The fourth-order valence-electron chi connectivity index (χ4n) is 10.2. The molecule has 4 atom stereocenters. The van der Waals surface area contributed by atoms with Gasteiger partial charge >= 0.3 is 0 Å². The monoisotopic (exact) mass is 950 g/mol. The van der Waals surface area contributed by atoms with E-state index in [9.17, 15) is 25.2 Å². The molecule has 0 rings (SSSR count). The first-order valence-electron chi connectivity index (χ1n) is 30.9. The van der Waals surface area contributed by atoms with E-state index in [2.05, 4.69) is 19.2 Å². The first-order valence-corrected chi connectivity index (χ1v) is 30.9. The van der Waals surface area contributed by atoms with Crippen LogP contribution in [0.4, 0.5) is 0 Å². The normalized spacial score (nSPS) is 13.6. The molecule has 0 aliphatic carbocycles. The Hall–Kier alpha value is -0.690. The van der Waals surface area contributed by atoms with Crippen molar-refractivity contribution in [2.45, 2.75) is 379 Å². The van der Waals surface area contributed by atoms with Crippen molar-refractivity contribution in [1.29, 1.82) is 0 Å². The van der Waals surface area contributed by atoms with E-state index in [1.54, 1.807) is 0 Å². The van der Waals surface area contributed by atoms with Crippen LogP contribution in [0.1, 0.15) is 354 Å². The van der Waals surface area contributed by atoms with Gasteiger partial charge in [-0.3, -0.25) is 4.79 Å². The third-order valence-corrected chi connectivity index (χ3v) is 15.1. The molecule has 0 aliphatic heterocycles. The molecule has 0 saturated heterocycles. The molecule has 4 unspecified atom stereocenters.